The summed E-state index contributed by atoms with van der Waals surface area (Å²) in [6, 6.07) is 1.15. The average Bonchev–Trinajstić information content (AvgIpc) is 2.28. The zero-order valence-corrected chi connectivity index (χ0v) is 9.49. The number of nitrogens with zero attached hydrogens (tertiary/aromatic N) is 1. The summed E-state index contributed by atoms with van der Waals surface area (Å²) in [7, 11) is 0. The number of hydrogen-bond acceptors (Lipinski definition) is 4. The number of nitro groups is 1. The zero-order valence-electron chi connectivity index (χ0n) is 8.60. The van der Waals surface area contributed by atoms with Gasteiger partial charge in [-0.1, -0.05) is 12.2 Å². The molecule has 0 radical (unpaired) electrons. The fourth-order valence-corrected chi connectivity index (χ4v) is 1.20. The zero-order chi connectivity index (χ0) is 12.8. The second-order valence-electron chi connectivity index (χ2n) is 2.96. The van der Waals surface area contributed by atoms with Gasteiger partial charge in [-0.05, 0) is 0 Å². The summed E-state index contributed by atoms with van der Waals surface area (Å²) in [6.45, 7) is 0.0364. The molecule has 0 aliphatic rings. The molecule has 0 atom stereocenters. The second-order valence-corrected chi connectivity index (χ2v) is 3.32. The molecule has 0 N–H and O–H groups in total. The molecule has 0 aliphatic carbocycles. The highest BCUT2D eigenvalue weighted by Crippen LogP contribution is 2.26. The number of ether oxygens (including phenoxy) is 1. The molecule has 1 aromatic rings. The molecule has 0 amide bonds. The quantitative estimate of drug-likeness (QED) is 0.384. The van der Waals surface area contributed by atoms with Crippen molar-refractivity contribution in [2.75, 3.05) is 12.4 Å². The van der Waals surface area contributed by atoms with Crippen molar-refractivity contribution in [1.29, 1.82) is 0 Å². The van der Waals surface area contributed by atoms with Gasteiger partial charge < -0.3 is 4.74 Å². The van der Waals surface area contributed by atoms with E-state index in [0.29, 0.717) is 17.9 Å². The highest BCUT2D eigenvalue weighted by Gasteiger charge is 2.18. The molecule has 0 bridgehead atoms. The Morgan fingerprint density at radius 3 is 2.65 bits per heavy atom. The van der Waals surface area contributed by atoms with Crippen LogP contribution in [0.25, 0.3) is 0 Å². The molecule has 0 aromatic heterocycles. The Bertz CT molecular complexity index is 451. The van der Waals surface area contributed by atoms with Crippen molar-refractivity contribution in [3.05, 3.63) is 46.0 Å². The van der Waals surface area contributed by atoms with Gasteiger partial charge in [0.1, 0.15) is 6.61 Å². The number of halogens is 2. The monoisotopic (exact) mass is 261 g/mol. The fraction of sp³-hybridized carbons (Fsp3) is 0.200. The molecule has 0 aliphatic heterocycles. The molecule has 0 unspecified atom stereocenters. The van der Waals surface area contributed by atoms with E-state index in [-0.39, 0.29) is 12.4 Å². The van der Waals surface area contributed by atoms with E-state index in [4.69, 9.17) is 4.74 Å². The van der Waals surface area contributed by atoms with Crippen LogP contribution in [0.3, 0.4) is 0 Å². The summed E-state index contributed by atoms with van der Waals surface area (Å²) in [5.74, 6) is -1.97. The molecule has 0 saturated carbocycles. The van der Waals surface area contributed by atoms with Crippen LogP contribution in [0, 0.1) is 21.7 Å². The summed E-state index contributed by atoms with van der Waals surface area (Å²) in [6.07, 6.45) is 3.24. The first-order valence-corrected chi connectivity index (χ1v) is 5.21. The van der Waals surface area contributed by atoms with Crippen molar-refractivity contribution < 1.29 is 18.4 Å². The van der Waals surface area contributed by atoms with Gasteiger partial charge in [-0.15, -0.1) is 0 Å². The van der Waals surface area contributed by atoms with E-state index in [1.165, 1.54) is 0 Å². The molecule has 0 heterocycles. The molecular formula is C10H9F2NO3S. The van der Waals surface area contributed by atoms with Gasteiger partial charge in [0.05, 0.1) is 11.0 Å². The van der Waals surface area contributed by atoms with E-state index in [1.54, 1.807) is 12.2 Å². The van der Waals surface area contributed by atoms with Crippen molar-refractivity contribution in [2.24, 2.45) is 0 Å². The summed E-state index contributed by atoms with van der Waals surface area (Å²) in [4.78, 5) is 9.33. The summed E-state index contributed by atoms with van der Waals surface area (Å²) in [5, 5.41) is 10.3. The van der Waals surface area contributed by atoms with Gasteiger partial charge in [0.15, 0.2) is 11.6 Å². The Hall–Kier alpha value is -1.63. The van der Waals surface area contributed by atoms with Gasteiger partial charge in [0.2, 0.25) is 5.82 Å². The number of thiol groups is 1. The van der Waals surface area contributed by atoms with Crippen LogP contribution in [0.1, 0.15) is 0 Å². The molecule has 0 saturated heterocycles. The Balaban J connectivity index is 2.84. The van der Waals surface area contributed by atoms with Crippen molar-refractivity contribution >= 4 is 18.3 Å². The molecule has 7 heteroatoms. The first-order chi connectivity index (χ1) is 8.06. The minimum absolute atomic E-state index is 0.0364. The van der Waals surface area contributed by atoms with E-state index < -0.39 is 22.2 Å². The van der Waals surface area contributed by atoms with Crippen LogP contribution < -0.4 is 4.74 Å². The molecule has 0 fully saturated rings. The standard InChI is InChI=1S/C10H9F2NO3S/c11-7-6-10(16-3-1-2-4-17)8(12)5-9(7)13(14)15/h1-2,5-6,17H,3-4H2. The van der Waals surface area contributed by atoms with Gasteiger partial charge in [0, 0.05) is 11.8 Å². The van der Waals surface area contributed by atoms with E-state index in [1.807, 2.05) is 0 Å². The molecule has 4 nitrogen and oxygen atoms in total. The van der Waals surface area contributed by atoms with Crippen LogP contribution in [0.4, 0.5) is 14.5 Å². The van der Waals surface area contributed by atoms with Gasteiger partial charge >= 0.3 is 5.69 Å². The van der Waals surface area contributed by atoms with Crippen molar-refractivity contribution in [2.45, 2.75) is 0 Å². The SMILES string of the molecule is O=[N+]([O-])c1cc(F)c(OCC=CCS)cc1F. The minimum atomic E-state index is -1.13. The second kappa shape index (κ2) is 6.19. The highest BCUT2D eigenvalue weighted by molar-refractivity contribution is 7.80. The molecule has 1 aromatic carbocycles. The number of nitro benzene ring substituents is 1. The van der Waals surface area contributed by atoms with Crippen LogP contribution in [0.2, 0.25) is 0 Å². The Morgan fingerprint density at radius 2 is 2.06 bits per heavy atom. The predicted molar refractivity (Wildman–Crippen MR) is 61.5 cm³/mol. The van der Waals surface area contributed by atoms with E-state index >= 15 is 0 Å². The first kappa shape index (κ1) is 13.4. The normalized spacial score (nSPS) is 10.8. The summed E-state index contributed by atoms with van der Waals surface area (Å²) >= 11 is 3.90. The largest absolute Gasteiger partial charge is 0.486 e. The average molecular weight is 261 g/mol. The van der Waals surface area contributed by atoms with Gasteiger partial charge in [-0.3, -0.25) is 10.1 Å². The lowest BCUT2D eigenvalue weighted by Gasteiger charge is -2.04. The van der Waals surface area contributed by atoms with Crippen molar-refractivity contribution in [3.8, 4) is 5.75 Å². The number of benzene rings is 1. The molecule has 17 heavy (non-hydrogen) atoms. The maximum Gasteiger partial charge on any atom is 0.307 e. The van der Waals surface area contributed by atoms with Crippen LogP contribution in [-0.4, -0.2) is 17.3 Å². The van der Waals surface area contributed by atoms with Crippen LogP contribution in [0.5, 0.6) is 5.75 Å². The summed E-state index contributed by atoms with van der Waals surface area (Å²) in [5.41, 5.74) is -0.916. The Kier molecular flexibility index (Phi) is 4.89. The van der Waals surface area contributed by atoms with Crippen LogP contribution >= 0.6 is 12.6 Å². The maximum atomic E-state index is 13.3. The third-order valence-electron chi connectivity index (χ3n) is 1.81. The number of rotatable bonds is 5. The van der Waals surface area contributed by atoms with E-state index in [9.17, 15) is 18.9 Å². The fourth-order valence-electron chi connectivity index (χ4n) is 1.05. The van der Waals surface area contributed by atoms with Gasteiger partial charge in [-0.25, -0.2) is 4.39 Å². The van der Waals surface area contributed by atoms with Crippen molar-refractivity contribution in [1.82, 2.24) is 0 Å². The Morgan fingerprint density at radius 1 is 1.35 bits per heavy atom. The summed E-state index contributed by atoms with van der Waals surface area (Å²) < 4.78 is 31.3. The third kappa shape index (κ3) is 3.70. The van der Waals surface area contributed by atoms with E-state index in [2.05, 4.69) is 12.6 Å². The molecule has 1 rings (SSSR count). The van der Waals surface area contributed by atoms with E-state index in [0.717, 1.165) is 0 Å². The maximum absolute atomic E-state index is 13.3. The third-order valence-corrected chi connectivity index (χ3v) is 2.02. The van der Waals surface area contributed by atoms with Crippen LogP contribution in [0.15, 0.2) is 24.3 Å². The Labute approximate surface area is 101 Å². The highest BCUT2D eigenvalue weighted by atomic mass is 32.1. The molecule has 0 spiro atoms. The van der Waals surface area contributed by atoms with Crippen LogP contribution in [-0.2, 0) is 0 Å². The molecular weight excluding hydrogens is 252 g/mol. The first-order valence-electron chi connectivity index (χ1n) is 4.58. The predicted octanol–water partition coefficient (Wildman–Crippen LogP) is 2.74. The van der Waals surface area contributed by atoms with Gasteiger partial charge in [-0.2, -0.15) is 17.0 Å². The lowest BCUT2D eigenvalue weighted by Crippen LogP contribution is -2.00. The smallest absolute Gasteiger partial charge is 0.307 e. The molecule has 92 valence electrons. The minimum Gasteiger partial charge on any atom is -0.486 e. The number of hydrogen-bond donors (Lipinski definition) is 1. The van der Waals surface area contributed by atoms with Crippen molar-refractivity contribution in [3.63, 3.8) is 0 Å². The van der Waals surface area contributed by atoms with Gasteiger partial charge in [0.25, 0.3) is 0 Å². The topological polar surface area (TPSA) is 52.4 Å². The lowest BCUT2D eigenvalue weighted by atomic mass is 10.3. The lowest BCUT2D eigenvalue weighted by molar-refractivity contribution is -0.387.